The van der Waals surface area contributed by atoms with Crippen molar-refractivity contribution in [3.05, 3.63) is 53.8 Å². The van der Waals surface area contributed by atoms with Crippen molar-refractivity contribution in [3.63, 3.8) is 0 Å². The Kier molecular flexibility index (Phi) is 4.85. The van der Waals surface area contributed by atoms with E-state index in [9.17, 15) is 4.39 Å². The lowest BCUT2D eigenvalue weighted by atomic mass is 9.80. The third-order valence-corrected chi connectivity index (χ3v) is 6.14. The van der Waals surface area contributed by atoms with Crippen LogP contribution in [0.15, 0.2) is 42.5 Å². The number of halogens is 1. The monoisotopic (exact) mass is 383 g/mol. The molecule has 148 valence electrons. The maximum atomic E-state index is 13.4. The zero-order valence-electron chi connectivity index (χ0n) is 16.0. The van der Waals surface area contributed by atoms with E-state index in [1.807, 2.05) is 30.3 Å². The fraction of sp³-hybridized carbons (Fsp3) is 0.478. The molecule has 1 aliphatic carbocycles. The summed E-state index contributed by atoms with van der Waals surface area (Å²) in [6.07, 6.45) is 3.82. The highest BCUT2D eigenvalue weighted by atomic mass is 19.1. The molecule has 0 amide bonds. The summed E-state index contributed by atoms with van der Waals surface area (Å²) in [5.74, 6) is 3.78. The molecule has 4 nitrogen and oxygen atoms in total. The Morgan fingerprint density at radius 3 is 2.71 bits per heavy atom. The van der Waals surface area contributed by atoms with E-state index in [0.717, 1.165) is 42.7 Å². The Labute approximate surface area is 165 Å². The first-order chi connectivity index (χ1) is 13.7. The number of ether oxygens (including phenoxy) is 3. The molecule has 2 heterocycles. The van der Waals surface area contributed by atoms with Crippen LogP contribution in [0.4, 0.5) is 4.39 Å². The first-order valence-corrected chi connectivity index (χ1v) is 10.2. The van der Waals surface area contributed by atoms with Crippen molar-refractivity contribution in [2.45, 2.75) is 25.2 Å². The van der Waals surface area contributed by atoms with Gasteiger partial charge >= 0.3 is 0 Å². The smallest absolute Gasteiger partial charge is 0.231 e. The summed E-state index contributed by atoms with van der Waals surface area (Å²) in [4.78, 5) is 2.59. The van der Waals surface area contributed by atoms with Crippen LogP contribution in [0.1, 0.15) is 30.7 Å². The van der Waals surface area contributed by atoms with Gasteiger partial charge in [-0.2, -0.15) is 0 Å². The second-order valence-electron chi connectivity index (χ2n) is 8.24. The Morgan fingerprint density at radius 1 is 1.04 bits per heavy atom. The molecule has 2 aliphatic heterocycles. The van der Waals surface area contributed by atoms with Crippen molar-refractivity contribution in [1.82, 2.24) is 4.90 Å². The third-order valence-electron chi connectivity index (χ3n) is 6.14. The number of hydrogen-bond donors (Lipinski definition) is 0. The standard InChI is InChI=1S/C23H26FNO3/c24-19-5-3-17(4-6-19)21-9-10-25(12-16-1-2-16)13-18(21)14-26-22-8-7-20-11-23(22)28-15-27-20/h3-8,11,16,18,21H,1-2,9-10,12-15H2/t18-,21-/m1/s1. The Bertz CT molecular complexity index is 821. The number of benzene rings is 2. The molecule has 0 spiro atoms. The van der Waals surface area contributed by atoms with Gasteiger partial charge in [0.2, 0.25) is 6.79 Å². The summed E-state index contributed by atoms with van der Waals surface area (Å²) >= 11 is 0. The Hall–Kier alpha value is -2.27. The second-order valence-corrected chi connectivity index (χ2v) is 8.24. The highest BCUT2D eigenvalue weighted by molar-refractivity contribution is 5.46. The molecule has 2 fully saturated rings. The number of rotatable bonds is 6. The maximum absolute atomic E-state index is 13.4. The molecule has 2 bridgehead atoms. The summed E-state index contributed by atoms with van der Waals surface area (Å²) < 4.78 is 30.5. The lowest BCUT2D eigenvalue weighted by molar-refractivity contribution is 0.0878. The highest BCUT2D eigenvalue weighted by Crippen LogP contribution is 2.38. The minimum Gasteiger partial charge on any atom is -0.489 e. The number of likely N-dealkylation sites (tertiary alicyclic amines) is 1. The molecule has 2 aromatic carbocycles. The number of hydrogen-bond acceptors (Lipinski definition) is 4. The van der Waals surface area contributed by atoms with Gasteiger partial charge in [-0.15, -0.1) is 0 Å². The number of piperidine rings is 1. The van der Waals surface area contributed by atoms with E-state index in [1.165, 1.54) is 24.9 Å². The van der Waals surface area contributed by atoms with Gasteiger partial charge in [-0.1, -0.05) is 12.1 Å². The van der Waals surface area contributed by atoms with Gasteiger partial charge in [0, 0.05) is 25.1 Å². The fourth-order valence-corrected chi connectivity index (χ4v) is 4.42. The quantitative estimate of drug-likeness (QED) is 0.738. The maximum Gasteiger partial charge on any atom is 0.231 e. The Morgan fingerprint density at radius 2 is 1.89 bits per heavy atom. The van der Waals surface area contributed by atoms with Crippen LogP contribution >= 0.6 is 0 Å². The highest BCUT2D eigenvalue weighted by Gasteiger charge is 2.34. The van der Waals surface area contributed by atoms with Crippen LogP contribution in [-0.4, -0.2) is 37.9 Å². The molecule has 2 atom stereocenters. The molecule has 28 heavy (non-hydrogen) atoms. The zero-order valence-corrected chi connectivity index (χ0v) is 16.0. The minimum absolute atomic E-state index is 0.179. The van der Waals surface area contributed by atoms with Gasteiger partial charge in [0.15, 0.2) is 11.5 Å². The summed E-state index contributed by atoms with van der Waals surface area (Å²) in [5.41, 5.74) is 1.21. The number of fused-ring (bicyclic) bond motifs is 2. The van der Waals surface area contributed by atoms with Crippen LogP contribution in [0.25, 0.3) is 0 Å². The van der Waals surface area contributed by atoms with Crippen LogP contribution in [0.2, 0.25) is 0 Å². The lowest BCUT2D eigenvalue weighted by Gasteiger charge is -2.39. The fourth-order valence-electron chi connectivity index (χ4n) is 4.42. The topological polar surface area (TPSA) is 30.9 Å². The van der Waals surface area contributed by atoms with Crippen molar-refractivity contribution in [2.24, 2.45) is 11.8 Å². The molecule has 0 aromatic heterocycles. The average Bonchev–Trinajstić information content (AvgIpc) is 3.53. The van der Waals surface area contributed by atoms with E-state index in [1.54, 1.807) is 12.1 Å². The molecular formula is C23H26FNO3. The van der Waals surface area contributed by atoms with E-state index in [0.29, 0.717) is 18.4 Å². The van der Waals surface area contributed by atoms with E-state index >= 15 is 0 Å². The minimum atomic E-state index is -0.179. The van der Waals surface area contributed by atoms with Gasteiger partial charge in [0.1, 0.15) is 11.6 Å². The van der Waals surface area contributed by atoms with Gasteiger partial charge in [-0.25, -0.2) is 4.39 Å². The molecular weight excluding hydrogens is 357 g/mol. The summed E-state index contributed by atoms with van der Waals surface area (Å²) in [5, 5.41) is 0. The van der Waals surface area contributed by atoms with E-state index in [2.05, 4.69) is 4.90 Å². The number of nitrogens with zero attached hydrogens (tertiary/aromatic N) is 1. The average molecular weight is 383 g/mol. The first kappa shape index (κ1) is 17.8. The molecule has 5 heteroatoms. The van der Waals surface area contributed by atoms with Gasteiger partial charge in [0.25, 0.3) is 0 Å². The van der Waals surface area contributed by atoms with Crippen molar-refractivity contribution in [3.8, 4) is 17.2 Å². The van der Waals surface area contributed by atoms with Gasteiger partial charge in [-0.3, -0.25) is 0 Å². The van der Waals surface area contributed by atoms with Crippen molar-refractivity contribution in [1.29, 1.82) is 0 Å². The lowest BCUT2D eigenvalue weighted by Crippen LogP contribution is -2.42. The van der Waals surface area contributed by atoms with Crippen LogP contribution in [0.5, 0.6) is 17.2 Å². The molecule has 2 aromatic rings. The zero-order chi connectivity index (χ0) is 18.9. The SMILES string of the molecule is Fc1ccc([C@H]2CCN(CC3CC3)C[C@@H]2COc2ccc3cc2OCO3)cc1. The first-order valence-electron chi connectivity index (χ1n) is 10.2. The van der Waals surface area contributed by atoms with Crippen molar-refractivity contribution in [2.75, 3.05) is 33.0 Å². The van der Waals surface area contributed by atoms with E-state index < -0.39 is 0 Å². The molecule has 5 rings (SSSR count). The normalized spacial score (nSPS) is 24.3. The van der Waals surface area contributed by atoms with Gasteiger partial charge in [0.05, 0.1) is 6.61 Å². The van der Waals surface area contributed by atoms with Crippen molar-refractivity contribution < 1.29 is 18.6 Å². The van der Waals surface area contributed by atoms with Gasteiger partial charge in [-0.05, 0) is 67.5 Å². The molecule has 0 unspecified atom stereocenters. The third kappa shape index (κ3) is 3.95. The predicted molar refractivity (Wildman–Crippen MR) is 104 cm³/mol. The van der Waals surface area contributed by atoms with Gasteiger partial charge < -0.3 is 19.1 Å². The molecule has 0 N–H and O–H groups in total. The Balaban J connectivity index is 1.31. The van der Waals surface area contributed by atoms with Crippen LogP contribution < -0.4 is 14.2 Å². The molecule has 1 saturated carbocycles. The largest absolute Gasteiger partial charge is 0.489 e. The van der Waals surface area contributed by atoms with Crippen LogP contribution in [-0.2, 0) is 0 Å². The second kappa shape index (κ2) is 7.63. The summed E-state index contributed by atoms with van der Waals surface area (Å²) in [6, 6.07) is 12.7. The van der Waals surface area contributed by atoms with E-state index in [-0.39, 0.29) is 12.6 Å². The molecule has 0 radical (unpaired) electrons. The van der Waals surface area contributed by atoms with Crippen LogP contribution in [0.3, 0.4) is 0 Å². The van der Waals surface area contributed by atoms with Crippen LogP contribution in [0, 0.1) is 17.7 Å². The summed E-state index contributed by atoms with van der Waals surface area (Å²) in [6.45, 7) is 4.19. The van der Waals surface area contributed by atoms with E-state index in [4.69, 9.17) is 14.2 Å². The molecule has 1 saturated heterocycles. The summed E-state index contributed by atoms with van der Waals surface area (Å²) in [7, 11) is 0. The molecule has 3 aliphatic rings. The predicted octanol–water partition coefficient (Wildman–Crippen LogP) is 4.45. The van der Waals surface area contributed by atoms with Crippen molar-refractivity contribution >= 4 is 0 Å².